The first kappa shape index (κ1) is 21.8. The average Bonchev–Trinajstić information content (AvgIpc) is 3.47. The van der Waals surface area contributed by atoms with Gasteiger partial charge in [0.05, 0.1) is 14.2 Å². The predicted octanol–water partition coefficient (Wildman–Crippen LogP) is 4.47. The Kier molecular flexibility index (Phi) is 6.49. The molecule has 0 spiro atoms. The molecule has 0 saturated heterocycles. The molecule has 2 aromatic carbocycles. The molecule has 0 saturated carbocycles. The van der Waals surface area contributed by atoms with Crippen LogP contribution in [0.1, 0.15) is 17.2 Å². The molecule has 2 aromatic heterocycles. The van der Waals surface area contributed by atoms with E-state index in [1.807, 2.05) is 30.3 Å². The van der Waals surface area contributed by atoms with Gasteiger partial charge in [0.15, 0.2) is 6.61 Å². The van der Waals surface area contributed by atoms with Crippen LogP contribution in [0.4, 0.5) is 0 Å². The van der Waals surface area contributed by atoms with Crippen LogP contribution in [0.15, 0.2) is 63.5 Å². The highest BCUT2D eigenvalue weighted by molar-refractivity contribution is 5.87. The number of ether oxygens (including phenoxy) is 3. The van der Waals surface area contributed by atoms with E-state index in [0.29, 0.717) is 34.1 Å². The van der Waals surface area contributed by atoms with E-state index in [1.165, 1.54) is 6.08 Å². The number of hydrogen-bond donors (Lipinski definition) is 0. The Bertz CT molecular complexity index is 1280. The summed E-state index contributed by atoms with van der Waals surface area (Å²) >= 11 is 0. The van der Waals surface area contributed by atoms with E-state index < -0.39 is 5.97 Å². The zero-order chi connectivity index (χ0) is 23.2. The van der Waals surface area contributed by atoms with Crippen LogP contribution in [0.2, 0.25) is 0 Å². The second kappa shape index (κ2) is 9.82. The van der Waals surface area contributed by atoms with Gasteiger partial charge >= 0.3 is 5.97 Å². The van der Waals surface area contributed by atoms with Crippen LogP contribution in [-0.4, -0.2) is 35.5 Å². The van der Waals surface area contributed by atoms with Gasteiger partial charge in [-0.15, -0.1) is 10.2 Å². The van der Waals surface area contributed by atoms with Crippen molar-refractivity contribution < 1.29 is 27.9 Å². The Labute approximate surface area is 189 Å². The van der Waals surface area contributed by atoms with Crippen molar-refractivity contribution in [3.8, 4) is 34.2 Å². The van der Waals surface area contributed by atoms with Gasteiger partial charge < -0.3 is 23.2 Å². The summed E-state index contributed by atoms with van der Waals surface area (Å²) in [5.41, 5.74) is 2.71. The van der Waals surface area contributed by atoms with Crippen LogP contribution in [0.25, 0.3) is 28.8 Å². The highest BCUT2D eigenvalue weighted by Crippen LogP contribution is 2.33. The summed E-state index contributed by atoms with van der Waals surface area (Å²) in [7, 11) is 3.11. The van der Waals surface area contributed by atoms with Crippen molar-refractivity contribution in [2.24, 2.45) is 0 Å². The highest BCUT2D eigenvalue weighted by Gasteiger charge is 2.22. The van der Waals surface area contributed by atoms with Crippen molar-refractivity contribution in [1.82, 2.24) is 15.4 Å². The normalized spacial score (nSPS) is 11.0. The molecule has 0 atom stereocenters. The molecule has 4 rings (SSSR count). The summed E-state index contributed by atoms with van der Waals surface area (Å²) in [6.07, 6.45) is 2.86. The number of aryl methyl sites for hydroxylation is 1. The van der Waals surface area contributed by atoms with E-state index in [0.717, 1.165) is 5.56 Å². The number of rotatable bonds is 8. The number of carbonyl (C=O) groups is 1. The molecule has 0 unspecified atom stereocenters. The summed E-state index contributed by atoms with van der Waals surface area (Å²) in [6.45, 7) is 1.58. The minimum Gasteiger partial charge on any atom is -0.497 e. The number of methoxy groups -OCH3 is 2. The van der Waals surface area contributed by atoms with Crippen molar-refractivity contribution in [1.29, 1.82) is 0 Å². The Morgan fingerprint density at radius 1 is 1.06 bits per heavy atom. The third-order valence-corrected chi connectivity index (χ3v) is 4.76. The molecule has 0 bridgehead atoms. The number of nitrogens with zero attached hydrogens (tertiary/aromatic N) is 3. The van der Waals surface area contributed by atoms with Gasteiger partial charge in [-0.25, -0.2) is 4.79 Å². The molecule has 0 N–H and O–H groups in total. The molecule has 0 fully saturated rings. The van der Waals surface area contributed by atoms with E-state index in [1.54, 1.807) is 45.4 Å². The minimum atomic E-state index is -0.578. The lowest BCUT2D eigenvalue weighted by molar-refractivity contribution is -0.139. The second-order valence-corrected chi connectivity index (χ2v) is 6.88. The van der Waals surface area contributed by atoms with Crippen molar-refractivity contribution in [2.75, 3.05) is 14.2 Å². The Morgan fingerprint density at radius 2 is 1.88 bits per heavy atom. The number of aromatic nitrogens is 3. The maximum Gasteiger partial charge on any atom is 0.331 e. The molecule has 9 heteroatoms. The first-order chi connectivity index (χ1) is 16.1. The van der Waals surface area contributed by atoms with Gasteiger partial charge in [0.2, 0.25) is 0 Å². The average molecular weight is 447 g/mol. The molecule has 0 radical (unpaired) electrons. The molecule has 0 aliphatic carbocycles. The quantitative estimate of drug-likeness (QED) is 0.285. The first-order valence-corrected chi connectivity index (χ1v) is 10.0. The Hall–Kier alpha value is -4.40. The largest absolute Gasteiger partial charge is 0.497 e. The maximum absolute atomic E-state index is 12.2. The zero-order valence-corrected chi connectivity index (χ0v) is 18.3. The van der Waals surface area contributed by atoms with E-state index in [4.69, 9.17) is 23.2 Å². The smallest absolute Gasteiger partial charge is 0.331 e. The summed E-state index contributed by atoms with van der Waals surface area (Å²) in [5, 5.41) is 12.1. The van der Waals surface area contributed by atoms with Gasteiger partial charge in [-0.2, -0.15) is 0 Å². The molecule has 168 valence electrons. The Balaban J connectivity index is 1.44. The van der Waals surface area contributed by atoms with Gasteiger partial charge in [-0.3, -0.25) is 0 Å². The van der Waals surface area contributed by atoms with Gasteiger partial charge in [-0.05, 0) is 31.2 Å². The lowest BCUT2D eigenvalue weighted by Crippen LogP contribution is -2.01. The van der Waals surface area contributed by atoms with Crippen molar-refractivity contribution >= 4 is 12.0 Å². The highest BCUT2D eigenvalue weighted by atomic mass is 16.5. The fourth-order valence-electron chi connectivity index (χ4n) is 3.14. The van der Waals surface area contributed by atoms with Crippen molar-refractivity contribution in [3.63, 3.8) is 0 Å². The number of carbonyl (C=O) groups excluding carboxylic acids is 1. The summed E-state index contributed by atoms with van der Waals surface area (Å²) in [5.74, 6) is 1.57. The molecule has 0 aliphatic heterocycles. The standard InChI is InChI=1S/C24H21N3O6/c1-15-22(23(27-33-15)16-7-5-4-6-8-16)24-26-25-20(32-24)14-31-21(28)12-9-17-13-18(29-2)10-11-19(17)30-3/h4-13H,14H2,1-3H3/b12-9+. The molecular formula is C24H21N3O6. The molecular weight excluding hydrogens is 426 g/mol. The second-order valence-electron chi connectivity index (χ2n) is 6.88. The van der Waals surface area contributed by atoms with Crippen LogP contribution in [0.3, 0.4) is 0 Å². The first-order valence-electron chi connectivity index (χ1n) is 10.0. The van der Waals surface area contributed by atoms with Crippen molar-refractivity contribution in [3.05, 3.63) is 71.8 Å². The SMILES string of the molecule is COc1ccc(OC)c(/C=C/C(=O)OCc2nnc(-c3c(-c4ccccc4)noc3C)o2)c1. The zero-order valence-electron chi connectivity index (χ0n) is 18.3. The van der Waals surface area contributed by atoms with Gasteiger partial charge in [-0.1, -0.05) is 35.5 Å². The van der Waals surface area contributed by atoms with E-state index in [-0.39, 0.29) is 18.4 Å². The maximum atomic E-state index is 12.2. The molecule has 2 heterocycles. The van der Waals surface area contributed by atoms with Gasteiger partial charge in [0, 0.05) is 17.2 Å². The fraction of sp³-hybridized carbons (Fsp3) is 0.167. The third kappa shape index (κ3) is 4.93. The molecule has 0 aliphatic rings. The third-order valence-electron chi connectivity index (χ3n) is 4.76. The molecule has 9 nitrogen and oxygen atoms in total. The fourth-order valence-corrected chi connectivity index (χ4v) is 3.14. The molecule has 33 heavy (non-hydrogen) atoms. The number of esters is 1. The van der Waals surface area contributed by atoms with E-state index >= 15 is 0 Å². The Morgan fingerprint density at radius 3 is 2.64 bits per heavy atom. The van der Waals surface area contributed by atoms with Crippen molar-refractivity contribution in [2.45, 2.75) is 13.5 Å². The van der Waals surface area contributed by atoms with Gasteiger partial charge in [0.1, 0.15) is 28.5 Å². The number of hydrogen-bond acceptors (Lipinski definition) is 9. The number of benzene rings is 2. The van der Waals surface area contributed by atoms with Crippen LogP contribution in [0.5, 0.6) is 11.5 Å². The van der Waals surface area contributed by atoms with Gasteiger partial charge in [0.25, 0.3) is 11.8 Å². The molecule has 0 amide bonds. The lowest BCUT2D eigenvalue weighted by atomic mass is 10.1. The predicted molar refractivity (Wildman–Crippen MR) is 118 cm³/mol. The monoisotopic (exact) mass is 447 g/mol. The summed E-state index contributed by atoms with van der Waals surface area (Å²) < 4.78 is 26.7. The molecule has 4 aromatic rings. The van der Waals surface area contributed by atoms with Crippen LogP contribution >= 0.6 is 0 Å². The summed E-state index contributed by atoms with van der Waals surface area (Å²) in [4.78, 5) is 12.2. The topological polar surface area (TPSA) is 110 Å². The van der Waals surface area contributed by atoms with Crippen LogP contribution in [0, 0.1) is 6.92 Å². The van der Waals surface area contributed by atoms with Crippen LogP contribution < -0.4 is 9.47 Å². The lowest BCUT2D eigenvalue weighted by Gasteiger charge is -2.07. The van der Waals surface area contributed by atoms with Crippen LogP contribution in [-0.2, 0) is 16.1 Å². The minimum absolute atomic E-state index is 0.144. The summed E-state index contributed by atoms with van der Waals surface area (Å²) in [6, 6.07) is 14.8. The van der Waals surface area contributed by atoms with E-state index in [2.05, 4.69) is 15.4 Å². The van der Waals surface area contributed by atoms with E-state index in [9.17, 15) is 4.79 Å².